The van der Waals surface area contributed by atoms with E-state index in [-0.39, 0.29) is 18.2 Å². The maximum atomic E-state index is 11.3. The van der Waals surface area contributed by atoms with E-state index in [4.69, 9.17) is 5.11 Å². The van der Waals surface area contributed by atoms with Gasteiger partial charge in [0, 0.05) is 40.2 Å². The lowest BCUT2D eigenvalue weighted by Crippen LogP contribution is -2.48. The van der Waals surface area contributed by atoms with Crippen LogP contribution in [0.5, 0.6) is 0 Å². The number of amides is 1. The lowest BCUT2D eigenvalue weighted by Gasteiger charge is -2.38. The summed E-state index contributed by atoms with van der Waals surface area (Å²) >= 11 is 0. The fourth-order valence-corrected chi connectivity index (χ4v) is 1.71. The van der Waals surface area contributed by atoms with E-state index in [1.54, 1.807) is 19.0 Å². The first-order valence-electron chi connectivity index (χ1n) is 5.13. The molecule has 0 bridgehead atoms. The van der Waals surface area contributed by atoms with E-state index in [9.17, 15) is 9.59 Å². The van der Waals surface area contributed by atoms with Gasteiger partial charge in [-0.25, -0.2) is 0 Å². The van der Waals surface area contributed by atoms with Gasteiger partial charge in [-0.15, -0.1) is 0 Å². The predicted octanol–water partition coefficient (Wildman–Crippen LogP) is -0.129. The molecule has 0 aromatic heterocycles. The molecule has 0 atom stereocenters. The summed E-state index contributed by atoms with van der Waals surface area (Å²) in [5, 5.41) is 8.55. The van der Waals surface area contributed by atoms with Crippen molar-refractivity contribution in [3.8, 4) is 0 Å². The Morgan fingerprint density at radius 3 is 2.47 bits per heavy atom. The average molecular weight is 214 g/mol. The van der Waals surface area contributed by atoms with Gasteiger partial charge < -0.3 is 14.9 Å². The Hall–Kier alpha value is -1.10. The quantitative estimate of drug-likeness (QED) is 0.692. The van der Waals surface area contributed by atoms with Crippen LogP contribution in [0.2, 0.25) is 0 Å². The molecule has 5 heteroatoms. The molecular formula is C10H18N2O3. The number of carboxylic acid groups (broad SMARTS) is 1. The van der Waals surface area contributed by atoms with Crippen LogP contribution in [0, 0.1) is 5.92 Å². The van der Waals surface area contributed by atoms with Gasteiger partial charge in [-0.05, 0) is 5.92 Å². The molecule has 1 fully saturated rings. The smallest absolute Gasteiger partial charge is 0.303 e. The maximum absolute atomic E-state index is 11.3. The summed E-state index contributed by atoms with van der Waals surface area (Å²) in [7, 11) is 3.48. The first kappa shape index (κ1) is 12.0. The molecule has 0 saturated carbocycles. The molecule has 0 aliphatic carbocycles. The van der Waals surface area contributed by atoms with Gasteiger partial charge in [0.25, 0.3) is 0 Å². The van der Waals surface area contributed by atoms with Gasteiger partial charge in [-0.1, -0.05) is 0 Å². The standard InChI is InChI=1S/C10H18N2O3/c1-11(2)9(13)3-4-12-6-8(7-12)5-10(14)15/h8H,3-7H2,1-2H3,(H,14,15). The van der Waals surface area contributed by atoms with E-state index < -0.39 is 5.97 Å². The molecule has 1 N–H and O–H groups in total. The molecule has 5 nitrogen and oxygen atoms in total. The largest absolute Gasteiger partial charge is 0.481 e. The highest BCUT2D eigenvalue weighted by atomic mass is 16.4. The summed E-state index contributed by atoms with van der Waals surface area (Å²) in [6.45, 7) is 2.37. The van der Waals surface area contributed by atoms with Gasteiger partial charge in [-0.2, -0.15) is 0 Å². The Morgan fingerprint density at radius 1 is 1.40 bits per heavy atom. The molecular weight excluding hydrogens is 196 g/mol. The second-order valence-corrected chi connectivity index (χ2v) is 4.26. The van der Waals surface area contributed by atoms with Crippen molar-refractivity contribution < 1.29 is 14.7 Å². The second kappa shape index (κ2) is 5.11. The van der Waals surface area contributed by atoms with Gasteiger partial charge in [0.1, 0.15) is 0 Å². The number of hydrogen-bond donors (Lipinski definition) is 1. The minimum absolute atomic E-state index is 0.122. The Bertz CT molecular complexity index is 247. The van der Waals surface area contributed by atoms with Gasteiger partial charge in [-0.3, -0.25) is 9.59 Å². The minimum Gasteiger partial charge on any atom is -0.481 e. The van der Waals surface area contributed by atoms with E-state index in [1.165, 1.54) is 0 Å². The van der Waals surface area contributed by atoms with Crippen LogP contribution in [0.15, 0.2) is 0 Å². The Kier molecular flexibility index (Phi) is 4.08. The zero-order valence-corrected chi connectivity index (χ0v) is 9.27. The lowest BCUT2D eigenvalue weighted by molar-refractivity contribution is -0.140. The molecule has 0 spiro atoms. The third-order valence-electron chi connectivity index (χ3n) is 2.64. The molecule has 0 radical (unpaired) electrons. The molecule has 1 amide bonds. The molecule has 1 saturated heterocycles. The predicted molar refractivity (Wildman–Crippen MR) is 55.5 cm³/mol. The number of carbonyl (C=O) groups excluding carboxylic acids is 1. The van der Waals surface area contributed by atoms with Crippen molar-refractivity contribution in [1.82, 2.24) is 9.80 Å². The maximum Gasteiger partial charge on any atom is 0.303 e. The van der Waals surface area contributed by atoms with Crippen LogP contribution in [0.1, 0.15) is 12.8 Å². The Labute approximate surface area is 89.7 Å². The van der Waals surface area contributed by atoms with Crippen molar-refractivity contribution in [2.45, 2.75) is 12.8 Å². The first-order valence-corrected chi connectivity index (χ1v) is 5.13. The second-order valence-electron chi connectivity index (χ2n) is 4.26. The third-order valence-corrected chi connectivity index (χ3v) is 2.64. The van der Waals surface area contributed by atoms with Gasteiger partial charge >= 0.3 is 5.97 Å². The van der Waals surface area contributed by atoms with Crippen LogP contribution in [0.25, 0.3) is 0 Å². The van der Waals surface area contributed by atoms with Crippen molar-refractivity contribution in [2.75, 3.05) is 33.7 Å². The zero-order valence-electron chi connectivity index (χ0n) is 9.27. The van der Waals surface area contributed by atoms with E-state index in [1.807, 2.05) is 0 Å². The minimum atomic E-state index is -0.732. The highest BCUT2D eigenvalue weighted by Gasteiger charge is 2.28. The molecule has 1 aliphatic rings. The summed E-state index contributed by atoms with van der Waals surface area (Å²) in [5.74, 6) is -0.335. The van der Waals surface area contributed by atoms with Crippen LogP contribution in [-0.4, -0.2) is 60.5 Å². The molecule has 1 heterocycles. The first-order chi connectivity index (χ1) is 6.99. The van der Waals surface area contributed by atoms with Gasteiger partial charge in [0.15, 0.2) is 0 Å². The van der Waals surface area contributed by atoms with E-state index in [0.29, 0.717) is 6.42 Å². The highest BCUT2D eigenvalue weighted by Crippen LogP contribution is 2.18. The topological polar surface area (TPSA) is 60.9 Å². The van der Waals surface area contributed by atoms with E-state index >= 15 is 0 Å². The normalized spacial score (nSPS) is 17.2. The van der Waals surface area contributed by atoms with Crippen molar-refractivity contribution in [3.05, 3.63) is 0 Å². The summed E-state index contributed by atoms with van der Waals surface area (Å²) in [4.78, 5) is 25.3. The van der Waals surface area contributed by atoms with Crippen LogP contribution < -0.4 is 0 Å². The third kappa shape index (κ3) is 3.87. The summed E-state index contributed by atoms with van der Waals surface area (Å²) < 4.78 is 0. The fraction of sp³-hybridized carbons (Fsp3) is 0.800. The molecule has 0 aromatic rings. The van der Waals surface area contributed by atoms with Crippen LogP contribution in [0.4, 0.5) is 0 Å². The number of carboxylic acids is 1. The van der Waals surface area contributed by atoms with Crippen molar-refractivity contribution in [3.63, 3.8) is 0 Å². The molecule has 15 heavy (non-hydrogen) atoms. The van der Waals surface area contributed by atoms with Crippen LogP contribution >= 0.6 is 0 Å². The fourth-order valence-electron chi connectivity index (χ4n) is 1.71. The highest BCUT2D eigenvalue weighted by molar-refractivity contribution is 5.75. The summed E-state index contributed by atoms with van der Waals surface area (Å²) in [6.07, 6.45) is 0.769. The lowest BCUT2D eigenvalue weighted by atomic mass is 9.96. The Morgan fingerprint density at radius 2 is 2.00 bits per heavy atom. The monoisotopic (exact) mass is 214 g/mol. The average Bonchev–Trinajstić information content (AvgIpc) is 2.07. The molecule has 0 aromatic carbocycles. The summed E-state index contributed by atoms with van der Waals surface area (Å²) in [5.41, 5.74) is 0. The summed E-state index contributed by atoms with van der Waals surface area (Å²) in [6, 6.07) is 0. The number of likely N-dealkylation sites (tertiary alicyclic amines) is 1. The molecule has 1 rings (SSSR count). The number of hydrogen-bond acceptors (Lipinski definition) is 3. The van der Waals surface area contributed by atoms with Crippen molar-refractivity contribution in [2.24, 2.45) is 5.92 Å². The van der Waals surface area contributed by atoms with Crippen LogP contribution in [0.3, 0.4) is 0 Å². The molecule has 1 aliphatic heterocycles. The van der Waals surface area contributed by atoms with Gasteiger partial charge in [0.2, 0.25) is 5.91 Å². The van der Waals surface area contributed by atoms with Crippen molar-refractivity contribution in [1.29, 1.82) is 0 Å². The number of rotatable bonds is 5. The van der Waals surface area contributed by atoms with E-state index in [2.05, 4.69) is 4.90 Å². The Balaban J connectivity index is 2.08. The molecule has 86 valence electrons. The number of aliphatic carboxylic acids is 1. The van der Waals surface area contributed by atoms with E-state index in [0.717, 1.165) is 19.6 Å². The molecule has 0 unspecified atom stereocenters. The van der Waals surface area contributed by atoms with Crippen LogP contribution in [-0.2, 0) is 9.59 Å². The van der Waals surface area contributed by atoms with Gasteiger partial charge in [0.05, 0.1) is 6.42 Å². The van der Waals surface area contributed by atoms with Crippen molar-refractivity contribution >= 4 is 11.9 Å². The zero-order chi connectivity index (χ0) is 11.4. The number of carbonyl (C=O) groups is 2. The SMILES string of the molecule is CN(C)C(=O)CCN1CC(CC(=O)O)C1. The number of nitrogens with zero attached hydrogens (tertiary/aromatic N) is 2.